The SMILES string of the molecule is C\C=C/C(/C=C/c1n[nH]c2ccccc12)=C\C. The van der Waals surface area contributed by atoms with Crippen molar-refractivity contribution in [3.05, 3.63) is 59.8 Å². The average Bonchev–Trinajstić information content (AvgIpc) is 2.78. The maximum absolute atomic E-state index is 4.30. The molecule has 0 fully saturated rings. The minimum atomic E-state index is 0.976. The lowest BCUT2D eigenvalue weighted by atomic mass is 10.1. The molecule has 17 heavy (non-hydrogen) atoms. The molecule has 0 unspecified atom stereocenters. The van der Waals surface area contributed by atoms with Crippen LogP contribution in [-0.4, -0.2) is 10.2 Å². The molecule has 0 atom stereocenters. The van der Waals surface area contributed by atoms with E-state index in [-0.39, 0.29) is 0 Å². The van der Waals surface area contributed by atoms with Crippen LogP contribution in [0.5, 0.6) is 0 Å². The molecule has 0 aliphatic carbocycles. The van der Waals surface area contributed by atoms with Crippen molar-refractivity contribution in [2.75, 3.05) is 0 Å². The number of para-hydroxylation sites is 1. The summed E-state index contributed by atoms with van der Waals surface area (Å²) in [5.41, 5.74) is 3.23. The number of hydrogen-bond acceptors (Lipinski definition) is 1. The molecule has 2 nitrogen and oxygen atoms in total. The summed E-state index contributed by atoms with van der Waals surface area (Å²) in [5.74, 6) is 0. The number of hydrogen-bond donors (Lipinski definition) is 1. The fourth-order valence-electron chi connectivity index (χ4n) is 1.73. The van der Waals surface area contributed by atoms with Gasteiger partial charge < -0.3 is 0 Å². The van der Waals surface area contributed by atoms with E-state index in [0.29, 0.717) is 0 Å². The molecule has 2 aromatic rings. The number of allylic oxidation sites excluding steroid dienone is 5. The quantitative estimate of drug-likeness (QED) is 0.781. The lowest BCUT2D eigenvalue weighted by Crippen LogP contribution is -1.74. The second kappa shape index (κ2) is 5.30. The number of nitrogens with zero attached hydrogens (tertiary/aromatic N) is 1. The number of H-pyrrole nitrogens is 1. The van der Waals surface area contributed by atoms with Gasteiger partial charge in [0.15, 0.2) is 0 Å². The van der Waals surface area contributed by atoms with Crippen molar-refractivity contribution in [3.63, 3.8) is 0 Å². The zero-order valence-corrected chi connectivity index (χ0v) is 10.1. The highest BCUT2D eigenvalue weighted by molar-refractivity contribution is 5.86. The van der Waals surface area contributed by atoms with E-state index in [1.165, 1.54) is 5.57 Å². The van der Waals surface area contributed by atoms with Gasteiger partial charge in [0.25, 0.3) is 0 Å². The highest BCUT2D eigenvalue weighted by atomic mass is 15.1. The molecule has 0 amide bonds. The topological polar surface area (TPSA) is 28.7 Å². The highest BCUT2D eigenvalue weighted by Crippen LogP contribution is 2.17. The van der Waals surface area contributed by atoms with E-state index in [0.717, 1.165) is 16.6 Å². The first-order chi connectivity index (χ1) is 8.35. The minimum absolute atomic E-state index is 0.976. The van der Waals surface area contributed by atoms with Crippen LogP contribution in [0.4, 0.5) is 0 Å². The van der Waals surface area contributed by atoms with Gasteiger partial charge in [-0.2, -0.15) is 5.10 Å². The average molecular weight is 224 g/mol. The summed E-state index contributed by atoms with van der Waals surface area (Å²) in [5, 5.41) is 8.47. The predicted molar refractivity (Wildman–Crippen MR) is 73.7 cm³/mol. The molecule has 0 aliphatic heterocycles. The molecule has 0 saturated heterocycles. The molecule has 2 rings (SSSR count). The molecule has 0 radical (unpaired) electrons. The second-order valence-electron chi connectivity index (χ2n) is 3.78. The first-order valence-corrected chi connectivity index (χ1v) is 5.75. The Morgan fingerprint density at radius 1 is 1.18 bits per heavy atom. The molecule has 0 saturated carbocycles. The van der Waals surface area contributed by atoms with Gasteiger partial charge >= 0.3 is 0 Å². The fourth-order valence-corrected chi connectivity index (χ4v) is 1.73. The van der Waals surface area contributed by atoms with Gasteiger partial charge in [0, 0.05) is 5.39 Å². The zero-order chi connectivity index (χ0) is 12.1. The third-order valence-electron chi connectivity index (χ3n) is 2.63. The highest BCUT2D eigenvalue weighted by Gasteiger charge is 2.00. The van der Waals surface area contributed by atoms with Gasteiger partial charge in [0.2, 0.25) is 0 Å². The molecule has 0 spiro atoms. The van der Waals surface area contributed by atoms with E-state index < -0.39 is 0 Å². The van der Waals surface area contributed by atoms with Crippen molar-refractivity contribution < 1.29 is 0 Å². The van der Waals surface area contributed by atoms with Gasteiger partial charge in [0.05, 0.1) is 11.2 Å². The molecular weight excluding hydrogens is 208 g/mol. The standard InChI is InChI=1S/C15H16N2/c1-3-7-12(4-2)10-11-15-13-8-5-6-9-14(13)16-17-15/h3-11H,1-2H3,(H,16,17)/b7-3-,11-10+,12-4+. The van der Waals surface area contributed by atoms with Crippen LogP contribution in [0.1, 0.15) is 19.5 Å². The lowest BCUT2D eigenvalue weighted by molar-refractivity contribution is 1.11. The Morgan fingerprint density at radius 3 is 2.76 bits per heavy atom. The van der Waals surface area contributed by atoms with Crippen molar-refractivity contribution in [2.24, 2.45) is 0 Å². The van der Waals surface area contributed by atoms with E-state index in [2.05, 4.69) is 34.5 Å². The maximum Gasteiger partial charge on any atom is 0.0927 e. The van der Waals surface area contributed by atoms with Crippen LogP contribution in [0.25, 0.3) is 17.0 Å². The van der Waals surface area contributed by atoms with Crippen molar-refractivity contribution in [1.29, 1.82) is 0 Å². The van der Waals surface area contributed by atoms with Crippen molar-refractivity contribution >= 4 is 17.0 Å². The third-order valence-corrected chi connectivity index (χ3v) is 2.63. The van der Waals surface area contributed by atoms with Gasteiger partial charge in [-0.1, -0.05) is 42.5 Å². The van der Waals surface area contributed by atoms with Crippen LogP contribution in [0.15, 0.2) is 54.1 Å². The summed E-state index contributed by atoms with van der Waals surface area (Å²) >= 11 is 0. The minimum Gasteiger partial charge on any atom is -0.277 e. The van der Waals surface area contributed by atoms with Crippen LogP contribution in [0.2, 0.25) is 0 Å². The van der Waals surface area contributed by atoms with Gasteiger partial charge in [0.1, 0.15) is 0 Å². The first-order valence-electron chi connectivity index (χ1n) is 5.75. The van der Waals surface area contributed by atoms with Crippen molar-refractivity contribution in [2.45, 2.75) is 13.8 Å². The second-order valence-corrected chi connectivity index (χ2v) is 3.78. The summed E-state index contributed by atoms with van der Waals surface area (Å²) in [6.07, 6.45) is 10.3. The molecule has 0 bridgehead atoms. The summed E-state index contributed by atoms with van der Waals surface area (Å²) in [4.78, 5) is 0. The Kier molecular flexibility index (Phi) is 3.55. The lowest BCUT2D eigenvalue weighted by Gasteiger charge is -1.91. The van der Waals surface area contributed by atoms with Crippen LogP contribution in [-0.2, 0) is 0 Å². The number of fused-ring (bicyclic) bond motifs is 1. The van der Waals surface area contributed by atoms with E-state index in [4.69, 9.17) is 0 Å². The Hall–Kier alpha value is -2.09. The summed E-state index contributed by atoms with van der Waals surface area (Å²) < 4.78 is 0. The van der Waals surface area contributed by atoms with Gasteiger partial charge in [-0.3, -0.25) is 5.10 Å². The van der Waals surface area contributed by atoms with Gasteiger partial charge in [-0.25, -0.2) is 0 Å². The van der Waals surface area contributed by atoms with Gasteiger partial charge in [-0.05, 0) is 31.6 Å². The Labute approximate surface area is 101 Å². The van der Waals surface area contributed by atoms with Crippen LogP contribution < -0.4 is 0 Å². The normalized spacial score (nSPS) is 13.2. The first kappa shape index (κ1) is 11.4. The van der Waals surface area contributed by atoms with Crippen LogP contribution >= 0.6 is 0 Å². The van der Waals surface area contributed by atoms with Crippen molar-refractivity contribution in [3.8, 4) is 0 Å². The molecule has 0 aliphatic rings. The van der Waals surface area contributed by atoms with E-state index >= 15 is 0 Å². The molecule has 1 N–H and O–H groups in total. The Balaban J connectivity index is 2.33. The number of rotatable bonds is 3. The summed E-state index contributed by atoms with van der Waals surface area (Å²) in [7, 11) is 0. The summed E-state index contributed by atoms with van der Waals surface area (Å²) in [6, 6.07) is 8.13. The number of benzene rings is 1. The molecule has 1 heterocycles. The Morgan fingerprint density at radius 2 is 2.00 bits per heavy atom. The smallest absolute Gasteiger partial charge is 0.0927 e. The zero-order valence-electron chi connectivity index (χ0n) is 10.1. The monoisotopic (exact) mass is 224 g/mol. The predicted octanol–water partition coefficient (Wildman–Crippen LogP) is 4.10. The molecular formula is C15H16N2. The molecule has 2 heteroatoms. The molecule has 1 aromatic heterocycles. The van der Waals surface area contributed by atoms with Crippen LogP contribution in [0, 0.1) is 0 Å². The largest absolute Gasteiger partial charge is 0.277 e. The third kappa shape index (κ3) is 2.53. The number of aromatic nitrogens is 2. The number of nitrogens with one attached hydrogen (secondary N) is 1. The fraction of sp³-hybridized carbons (Fsp3) is 0.133. The Bertz CT molecular complexity index is 586. The van der Waals surface area contributed by atoms with Crippen molar-refractivity contribution in [1.82, 2.24) is 10.2 Å². The summed E-state index contributed by atoms with van der Waals surface area (Å²) in [6.45, 7) is 4.05. The van der Waals surface area contributed by atoms with Crippen LogP contribution in [0.3, 0.4) is 0 Å². The van der Waals surface area contributed by atoms with Gasteiger partial charge in [-0.15, -0.1) is 0 Å². The number of aromatic amines is 1. The van der Waals surface area contributed by atoms with E-state index in [1.807, 2.05) is 44.2 Å². The molecule has 1 aromatic carbocycles. The van der Waals surface area contributed by atoms with E-state index in [1.54, 1.807) is 0 Å². The van der Waals surface area contributed by atoms with E-state index in [9.17, 15) is 0 Å². The maximum atomic E-state index is 4.30. The molecule has 86 valence electrons.